The molecule has 0 bridgehead atoms. The van der Waals surface area contributed by atoms with Crippen LogP contribution in [0.25, 0.3) is 22.6 Å². The highest BCUT2D eigenvalue weighted by Crippen LogP contribution is 2.39. The summed E-state index contributed by atoms with van der Waals surface area (Å²) in [6.07, 6.45) is -7.19. The molecule has 0 amide bonds. The number of carbonyl (C=O) groups is 1. The predicted molar refractivity (Wildman–Crippen MR) is 139 cm³/mol. The number of alkyl halides is 6. The summed E-state index contributed by atoms with van der Waals surface area (Å²) in [6, 6.07) is 10.7. The minimum atomic E-state index is -5.03. The average Bonchev–Trinajstić information content (AvgIpc) is 3.51. The number of hydrogen-bond acceptors (Lipinski definition) is 7. The maximum atomic E-state index is 13.5. The molecule has 0 saturated heterocycles. The molecule has 0 saturated carbocycles. The van der Waals surface area contributed by atoms with Crippen LogP contribution in [0.4, 0.5) is 31.5 Å². The Hall–Kier alpha value is -4.30. The van der Waals surface area contributed by atoms with Crippen molar-refractivity contribution in [3.05, 3.63) is 99.1 Å². The Labute approximate surface area is 236 Å². The zero-order valence-electron chi connectivity index (χ0n) is 20.3. The average molecular weight is 609 g/mol. The molecule has 0 aliphatic carbocycles. The first kappa shape index (κ1) is 28.2. The summed E-state index contributed by atoms with van der Waals surface area (Å²) in [4.78, 5) is 21.8. The van der Waals surface area contributed by atoms with Gasteiger partial charge in [-0.3, -0.25) is 9.78 Å². The molecule has 0 aliphatic rings. The van der Waals surface area contributed by atoms with Gasteiger partial charge in [0.15, 0.2) is 5.13 Å². The summed E-state index contributed by atoms with van der Waals surface area (Å²) < 4.78 is 81.9. The molecule has 3 heterocycles. The summed E-state index contributed by atoms with van der Waals surface area (Å²) in [7, 11) is 0. The number of benzene rings is 2. The van der Waals surface area contributed by atoms with Crippen molar-refractivity contribution in [2.24, 2.45) is 0 Å². The second-order valence-electron chi connectivity index (χ2n) is 8.64. The van der Waals surface area contributed by atoms with Crippen molar-refractivity contribution in [1.82, 2.24) is 25.0 Å². The third-order valence-corrected chi connectivity index (χ3v) is 7.06. The topological polar surface area (TPSA) is 99.6 Å². The molecule has 0 unspecified atom stereocenters. The van der Waals surface area contributed by atoms with Crippen molar-refractivity contribution in [3.63, 3.8) is 0 Å². The zero-order valence-corrected chi connectivity index (χ0v) is 21.9. The summed E-state index contributed by atoms with van der Waals surface area (Å²) in [6.45, 7) is -0.530. The van der Waals surface area contributed by atoms with Crippen LogP contribution >= 0.6 is 22.9 Å². The summed E-state index contributed by atoms with van der Waals surface area (Å²) in [5.74, 6) is -0.515. The molecular weight excluding hydrogens is 594 g/mol. The zero-order chi connectivity index (χ0) is 29.5. The van der Waals surface area contributed by atoms with Crippen LogP contribution in [0.15, 0.2) is 67.0 Å². The number of rotatable bonds is 6. The van der Waals surface area contributed by atoms with Crippen molar-refractivity contribution in [2.75, 3.05) is 5.73 Å². The quantitative estimate of drug-likeness (QED) is 0.164. The van der Waals surface area contributed by atoms with E-state index >= 15 is 0 Å². The maximum Gasteiger partial charge on any atom is 0.416 e. The number of halogens is 7. The van der Waals surface area contributed by atoms with Gasteiger partial charge in [0.25, 0.3) is 0 Å². The van der Waals surface area contributed by atoms with Gasteiger partial charge in [-0.25, -0.2) is 9.67 Å². The molecule has 0 atom stereocenters. The Balaban J connectivity index is 1.67. The molecule has 0 radical (unpaired) electrons. The molecule has 41 heavy (non-hydrogen) atoms. The minimum Gasteiger partial charge on any atom is -0.375 e. The molecular formula is C26H15ClF6N6OS. The van der Waals surface area contributed by atoms with E-state index in [1.54, 1.807) is 24.3 Å². The van der Waals surface area contributed by atoms with E-state index in [9.17, 15) is 31.1 Å². The van der Waals surface area contributed by atoms with E-state index in [1.807, 2.05) is 0 Å². The number of hydrogen-bond donors (Lipinski definition) is 1. The molecule has 0 aliphatic heterocycles. The molecule has 15 heteroatoms. The first-order valence-electron chi connectivity index (χ1n) is 11.5. The molecule has 2 N–H and O–H groups in total. The Morgan fingerprint density at radius 2 is 1.63 bits per heavy atom. The fourth-order valence-corrected chi connectivity index (χ4v) is 5.08. The van der Waals surface area contributed by atoms with E-state index in [0.29, 0.717) is 17.7 Å². The van der Waals surface area contributed by atoms with E-state index in [4.69, 9.17) is 17.3 Å². The lowest BCUT2D eigenvalue weighted by Gasteiger charge is -2.15. The fourth-order valence-electron chi connectivity index (χ4n) is 4.07. The van der Waals surface area contributed by atoms with Crippen LogP contribution in [0, 0.1) is 0 Å². The lowest BCUT2D eigenvalue weighted by molar-refractivity contribution is -0.143. The highest BCUT2D eigenvalue weighted by Gasteiger charge is 2.37. The first-order valence-corrected chi connectivity index (χ1v) is 12.7. The summed E-state index contributed by atoms with van der Waals surface area (Å²) in [5.41, 5.74) is 3.38. The largest absolute Gasteiger partial charge is 0.416 e. The normalized spacial score (nSPS) is 12.1. The summed E-state index contributed by atoms with van der Waals surface area (Å²) >= 11 is 7.08. The van der Waals surface area contributed by atoms with Crippen molar-refractivity contribution >= 4 is 33.9 Å². The van der Waals surface area contributed by atoms with Crippen molar-refractivity contribution in [3.8, 4) is 22.6 Å². The van der Waals surface area contributed by atoms with Gasteiger partial charge in [0.2, 0.25) is 5.78 Å². The Morgan fingerprint density at radius 3 is 2.24 bits per heavy atom. The van der Waals surface area contributed by atoms with Gasteiger partial charge in [-0.1, -0.05) is 40.3 Å². The standard InChI is InChI=1S/C26H15ClF6N6OS/c27-18-6-2-1-5-17(18)22(40)23-20(36-24(34)41-23)19-21(14-4-3-7-35-11-14)39(38-37-19)12-13-8-15(25(28,29)30)10-16(9-13)26(31,32)33/h1-11H,12H2,(H2,34,36). The summed E-state index contributed by atoms with van der Waals surface area (Å²) in [5, 5.41) is 8.32. The van der Waals surface area contributed by atoms with Crippen molar-refractivity contribution in [2.45, 2.75) is 18.9 Å². The number of anilines is 1. The van der Waals surface area contributed by atoms with Gasteiger partial charge in [-0.15, -0.1) is 5.10 Å². The highest BCUT2D eigenvalue weighted by atomic mass is 35.5. The molecule has 0 spiro atoms. The second-order valence-corrected chi connectivity index (χ2v) is 10.1. The lowest BCUT2D eigenvalue weighted by Crippen LogP contribution is -2.13. The molecule has 3 aromatic heterocycles. The number of thiazole rings is 1. The van der Waals surface area contributed by atoms with E-state index in [2.05, 4.69) is 20.3 Å². The molecule has 210 valence electrons. The number of nitrogens with two attached hydrogens (primary N) is 1. The third kappa shape index (κ3) is 5.79. The Kier molecular flexibility index (Phi) is 7.30. The minimum absolute atomic E-state index is 0.00906. The van der Waals surface area contributed by atoms with Gasteiger partial charge in [0.05, 0.1) is 22.7 Å². The van der Waals surface area contributed by atoms with Crippen LogP contribution < -0.4 is 5.73 Å². The maximum absolute atomic E-state index is 13.5. The fraction of sp³-hybridized carbons (Fsp3) is 0.115. The predicted octanol–water partition coefficient (Wildman–Crippen LogP) is 7.02. The Morgan fingerprint density at radius 1 is 0.951 bits per heavy atom. The van der Waals surface area contributed by atoms with Gasteiger partial charge in [-0.2, -0.15) is 26.3 Å². The number of nitrogens with zero attached hydrogens (tertiary/aromatic N) is 5. The number of pyridine rings is 1. The van der Waals surface area contributed by atoms with Crippen LogP contribution in [-0.2, 0) is 18.9 Å². The van der Waals surface area contributed by atoms with E-state index < -0.39 is 35.8 Å². The van der Waals surface area contributed by atoms with E-state index in [-0.39, 0.29) is 49.3 Å². The van der Waals surface area contributed by atoms with Gasteiger partial charge < -0.3 is 5.73 Å². The van der Waals surface area contributed by atoms with Crippen LogP contribution in [-0.4, -0.2) is 30.7 Å². The van der Waals surface area contributed by atoms with Gasteiger partial charge >= 0.3 is 12.4 Å². The lowest BCUT2D eigenvalue weighted by atomic mass is 10.0. The molecule has 0 fully saturated rings. The van der Waals surface area contributed by atoms with E-state index in [0.717, 1.165) is 16.0 Å². The number of carbonyl (C=O) groups excluding carboxylic acids is 1. The number of ketones is 1. The van der Waals surface area contributed by atoms with Gasteiger partial charge in [0, 0.05) is 23.5 Å². The molecule has 5 rings (SSSR count). The first-order chi connectivity index (χ1) is 19.3. The number of nitrogen functional groups attached to an aromatic ring is 1. The molecule has 5 aromatic rings. The molecule has 7 nitrogen and oxygen atoms in total. The van der Waals surface area contributed by atoms with Gasteiger partial charge in [-0.05, 0) is 48.0 Å². The molecule has 2 aromatic carbocycles. The van der Waals surface area contributed by atoms with Crippen molar-refractivity contribution in [1.29, 1.82) is 0 Å². The monoisotopic (exact) mass is 608 g/mol. The Bertz CT molecular complexity index is 1720. The van der Waals surface area contributed by atoms with Crippen LogP contribution in [0.1, 0.15) is 31.9 Å². The smallest absolute Gasteiger partial charge is 0.375 e. The van der Waals surface area contributed by atoms with Crippen molar-refractivity contribution < 1.29 is 31.1 Å². The second kappa shape index (κ2) is 10.6. The third-order valence-electron chi connectivity index (χ3n) is 5.84. The highest BCUT2D eigenvalue weighted by molar-refractivity contribution is 7.18. The number of aromatic nitrogens is 5. The SMILES string of the molecule is Nc1nc(-c2nnn(Cc3cc(C(F)(F)F)cc(C(F)(F)F)c3)c2-c2cccnc2)c(C(=O)c2ccccc2Cl)s1. The van der Waals surface area contributed by atoms with Crippen LogP contribution in [0.2, 0.25) is 5.02 Å². The van der Waals surface area contributed by atoms with Crippen LogP contribution in [0.3, 0.4) is 0 Å². The van der Waals surface area contributed by atoms with Gasteiger partial charge in [0.1, 0.15) is 22.0 Å². The van der Waals surface area contributed by atoms with E-state index in [1.165, 1.54) is 24.5 Å². The van der Waals surface area contributed by atoms with Crippen LogP contribution in [0.5, 0.6) is 0 Å².